The molecule has 0 saturated heterocycles. The van der Waals surface area contributed by atoms with Gasteiger partial charge in [-0.2, -0.15) is 0 Å². The van der Waals surface area contributed by atoms with Crippen LogP contribution in [-0.4, -0.2) is 6.61 Å². The summed E-state index contributed by atoms with van der Waals surface area (Å²) in [6, 6.07) is 19.5. The van der Waals surface area contributed by atoms with E-state index in [2.05, 4.69) is 67.7 Å². The van der Waals surface area contributed by atoms with Gasteiger partial charge in [-0.3, -0.25) is 0 Å². The Kier molecular flexibility index (Phi) is 7.68. The lowest BCUT2D eigenvalue weighted by atomic mass is 10.0. The summed E-state index contributed by atoms with van der Waals surface area (Å²) in [5.41, 5.74) is 2.62. The summed E-state index contributed by atoms with van der Waals surface area (Å²) >= 11 is 0. The van der Waals surface area contributed by atoms with Gasteiger partial charge < -0.3 is 10.1 Å². The minimum atomic E-state index is 0.394. The maximum Gasteiger partial charge on any atom is 0.119 e. The van der Waals surface area contributed by atoms with E-state index in [1.165, 1.54) is 24.0 Å². The molecule has 0 amide bonds. The molecule has 0 aromatic heterocycles. The van der Waals surface area contributed by atoms with Gasteiger partial charge in [-0.15, -0.1) is 0 Å². The van der Waals surface area contributed by atoms with Crippen LogP contribution in [0.15, 0.2) is 54.6 Å². The molecule has 0 saturated carbocycles. The van der Waals surface area contributed by atoms with Crippen LogP contribution in [0.2, 0.25) is 0 Å². The zero-order valence-corrected chi connectivity index (χ0v) is 14.4. The summed E-state index contributed by atoms with van der Waals surface area (Å²) in [7, 11) is 0. The normalized spacial score (nSPS) is 12.1. The van der Waals surface area contributed by atoms with Crippen molar-refractivity contribution in [3.63, 3.8) is 0 Å². The Bertz CT molecular complexity index is 553. The molecular weight excluding hydrogens is 282 g/mol. The highest BCUT2D eigenvalue weighted by atomic mass is 16.5. The zero-order chi connectivity index (χ0) is 16.3. The molecule has 0 aliphatic heterocycles. The van der Waals surface area contributed by atoms with Crippen molar-refractivity contribution in [2.45, 2.75) is 52.1 Å². The molecule has 2 heteroatoms. The van der Waals surface area contributed by atoms with E-state index in [1.54, 1.807) is 0 Å². The third-order valence-electron chi connectivity index (χ3n) is 4.08. The Labute approximate surface area is 140 Å². The first-order valence-electron chi connectivity index (χ1n) is 8.83. The molecule has 2 aromatic carbocycles. The van der Waals surface area contributed by atoms with Crippen molar-refractivity contribution >= 4 is 0 Å². The first-order valence-corrected chi connectivity index (χ1v) is 8.83. The second-order valence-electron chi connectivity index (χ2n) is 5.96. The number of nitrogens with one attached hydrogen (secondary N) is 1. The summed E-state index contributed by atoms with van der Waals surface area (Å²) in [6.45, 7) is 6.10. The molecule has 0 fully saturated rings. The fraction of sp³-hybridized carbons (Fsp3) is 0.429. The molecule has 2 nitrogen and oxygen atoms in total. The van der Waals surface area contributed by atoms with Gasteiger partial charge in [0, 0.05) is 12.6 Å². The van der Waals surface area contributed by atoms with E-state index in [-0.39, 0.29) is 0 Å². The van der Waals surface area contributed by atoms with Crippen LogP contribution in [0.4, 0.5) is 0 Å². The van der Waals surface area contributed by atoms with E-state index in [0.29, 0.717) is 6.04 Å². The SMILES string of the molecule is CCCCCOc1cccc(CNC(CC)c2ccccc2)c1. The number of ether oxygens (including phenoxy) is 1. The number of benzene rings is 2. The maximum atomic E-state index is 5.84. The minimum absolute atomic E-state index is 0.394. The van der Waals surface area contributed by atoms with E-state index in [0.717, 1.165) is 31.7 Å². The first kappa shape index (κ1) is 17.6. The van der Waals surface area contributed by atoms with Crippen molar-refractivity contribution in [2.75, 3.05) is 6.61 Å². The predicted octanol–water partition coefficient (Wildman–Crippen LogP) is 5.50. The van der Waals surface area contributed by atoms with Gasteiger partial charge in [0.1, 0.15) is 5.75 Å². The third-order valence-corrected chi connectivity index (χ3v) is 4.08. The average Bonchev–Trinajstić information content (AvgIpc) is 2.61. The summed E-state index contributed by atoms with van der Waals surface area (Å²) in [6.07, 6.45) is 4.67. The Hall–Kier alpha value is -1.80. The van der Waals surface area contributed by atoms with Crippen molar-refractivity contribution in [1.82, 2.24) is 5.32 Å². The molecule has 2 aromatic rings. The Morgan fingerprint density at radius 2 is 1.78 bits per heavy atom. The highest BCUT2D eigenvalue weighted by Crippen LogP contribution is 2.18. The Morgan fingerprint density at radius 1 is 0.957 bits per heavy atom. The zero-order valence-electron chi connectivity index (χ0n) is 14.4. The van der Waals surface area contributed by atoms with Crippen LogP contribution >= 0.6 is 0 Å². The van der Waals surface area contributed by atoms with Crippen molar-refractivity contribution < 1.29 is 4.74 Å². The van der Waals surface area contributed by atoms with Crippen LogP contribution in [0, 0.1) is 0 Å². The first-order chi connectivity index (χ1) is 11.3. The van der Waals surface area contributed by atoms with E-state index in [9.17, 15) is 0 Å². The lowest BCUT2D eigenvalue weighted by Crippen LogP contribution is -2.20. The van der Waals surface area contributed by atoms with Gasteiger partial charge in [0.25, 0.3) is 0 Å². The molecule has 0 aliphatic carbocycles. The van der Waals surface area contributed by atoms with Gasteiger partial charge in [-0.05, 0) is 36.1 Å². The second kappa shape index (κ2) is 10.1. The highest BCUT2D eigenvalue weighted by Gasteiger charge is 2.08. The van der Waals surface area contributed by atoms with E-state index in [4.69, 9.17) is 4.74 Å². The van der Waals surface area contributed by atoms with Gasteiger partial charge in [-0.1, -0.05) is 69.2 Å². The fourth-order valence-corrected chi connectivity index (χ4v) is 2.71. The number of rotatable bonds is 10. The quantitative estimate of drug-likeness (QED) is 0.585. The smallest absolute Gasteiger partial charge is 0.119 e. The van der Waals surface area contributed by atoms with Gasteiger partial charge in [-0.25, -0.2) is 0 Å². The van der Waals surface area contributed by atoms with Crippen LogP contribution in [0.5, 0.6) is 5.75 Å². The minimum Gasteiger partial charge on any atom is -0.494 e. The lowest BCUT2D eigenvalue weighted by Gasteiger charge is -2.18. The van der Waals surface area contributed by atoms with Gasteiger partial charge in [0.05, 0.1) is 6.61 Å². The van der Waals surface area contributed by atoms with Gasteiger partial charge in [0.2, 0.25) is 0 Å². The summed E-state index contributed by atoms with van der Waals surface area (Å²) < 4.78 is 5.84. The van der Waals surface area contributed by atoms with E-state index < -0.39 is 0 Å². The van der Waals surface area contributed by atoms with Crippen LogP contribution in [0.1, 0.15) is 56.7 Å². The van der Waals surface area contributed by atoms with E-state index >= 15 is 0 Å². The molecule has 124 valence electrons. The van der Waals surface area contributed by atoms with E-state index in [1.807, 2.05) is 6.07 Å². The standard InChI is InChI=1S/C21H29NO/c1-3-5-9-15-23-20-14-10-11-18(16-20)17-22-21(4-2)19-12-7-6-8-13-19/h6-8,10-14,16,21-22H,3-5,9,15,17H2,1-2H3. The van der Waals surface area contributed by atoms with Crippen molar-refractivity contribution in [2.24, 2.45) is 0 Å². The lowest BCUT2D eigenvalue weighted by molar-refractivity contribution is 0.306. The maximum absolute atomic E-state index is 5.84. The molecule has 0 aliphatic rings. The molecule has 23 heavy (non-hydrogen) atoms. The molecule has 0 heterocycles. The summed E-state index contributed by atoms with van der Waals surface area (Å²) in [5, 5.41) is 3.65. The van der Waals surface area contributed by atoms with Crippen LogP contribution in [0.25, 0.3) is 0 Å². The van der Waals surface area contributed by atoms with Gasteiger partial charge in [0.15, 0.2) is 0 Å². The van der Waals surface area contributed by atoms with Crippen LogP contribution in [0.3, 0.4) is 0 Å². The molecule has 2 rings (SSSR count). The fourth-order valence-electron chi connectivity index (χ4n) is 2.71. The van der Waals surface area contributed by atoms with Crippen LogP contribution in [-0.2, 0) is 6.54 Å². The summed E-state index contributed by atoms with van der Waals surface area (Å²) in [4.78, 5) is 0. The van der Waals surface area contributed by atoms with Gasteiger partial charge >= 0.3 is 0 Å². The van der Waals surface area contributed by atoms with Crippen molar-refractivity contribution in [3.05, 3.63) is 65.7 Å². The second-order valence-corrected chi connectivity index (χ2v) is 5.96. The molecule has 0 radical (unpaired) electrons. The molecular formula is C21H29NO. The third kappa shape index (κ3) is 6.07. The Morgan fingerprint density at radius 3 is 2.52 bits per heavy atom. The number of unbranched alkanes of at least 4 members (excludes halogenated alkanes) is 2. The number of hydrogen-bond acceptors (Lipinski definition) is 2. The monoisotopic (exact) mass is 311 g/mol. The molecule has 1 N–H and O–H groups in total. The van der Waals surface area contributed by atoms with Crippen molar-refractivity contribution in [1.29, 1.82) is 0 Å². The molecule has 1 unspecified atom stereocenters. The largest absolute Gasteiger partial charge is 0.494 e. The molecule has 1 atom stereocenters. The highest BCUT2D eigenvalue weighted by molar-refractivity contribution is 5.28. The average molecular weight is 311 g/mol. The molecule has 0 bridgehead atoms. The molecule has 0 spiro atoms. The van der Waals surface area contributed by atoms with Crippen molar-refractivity contribution in [3.8, 4) is 5.75 Å². The number of hydrogen-bond donors (Lipinski definition) is 1. The summed E-state index contributed by atoms with van der Waals surface area (Å²) in [5.74, 6) is 0.980. The van der Waals surface area contributed by atoms with Crippen LogP contribution < -0.4 is 10.1 Å². The predicted molar refractivity (Wildman–Crippen MR) is 97.8 cm³/mol. The Balaban J connectivity index is 1.87. The topological polar surface area (TPSA) is 21.3 Å².